The van der Waals surface area contributed by atoms with Gasteiger partial charge in [0.25, 0.3) is 11.6 Å². The first-order valence-electron chi connectivity index (χ1n) is 1.46. The Kier molecular flexibility index (Phi) is 5.52. The standard InChI is InChI=1S/CH2NO3PS2/c3-1-2-7-6(4)8-5/h1H,(H-,2,3,5)/p+1. The second kappa shape index (κ2) is 5.37. The molecule has 0 heterocycles. The summed E-state index contributed by atoms with van der Waals surface area (Å²) in [5.41, 5.74) is 0. The van der Waals surface area contributed by atoms with Crippen LogP contribution in [0.1, 0.15) is 0 Å². The van der Waals surface area contributed by atoms with Crippen molar-refractivity contribution in [2.45, 2.75) is 0 Å². The molecular formula is CH3NO3PS2+. The monoisotopic (exact) mass is 172 g/mol. The number of hydrogen-bond donors (Lipinski definition) is 2. The molecule has 2 N–H and O–H groups in total. The summed E-state index contributed by atoms with van der Waals surface area (Å²) >= 11 is 0.896. The van der Waals surface area contributed by atoms with Gasteiger partial charge < -0.3 is 0 Å². The second-order valence-electron chi connectivity index (χ2n) is 0.632. The molecule has 0 saturated carbocycles. The minimum Gasteiger partial charge on any atom is -0.289 e. The van der Waals surface area contributed by atoms with E-state index in [-0.39, 0.29) is 11.7 Å². The normalized spacial score (nSPS) is 10.4. The summed E-state index contributed by atoms with van der Waals surface area (Å²) in [5.74, 6) is 0. The van der Waals surface area contributed by atoms with Crippen LogP contribution in [0.5, 0.6) is 0 Å². The molecule has 0 aromatic heterocycles. The van der Waals surface area contributed by atoms with Gasteiger partial charge in [0.2, 0.25) is 6.41 Å². The van der Waals surface area contributed by atoms with Crippen molar-refractivity contribution < 1.29 is 13.9 Å². The zero-order chi connectivity index (χ0) is 6.41. The van der Waals surface area contributed by atoms with Crippen LogP contribution < -0.4 is 4.72 Å². The highest BCUT2D eigenvalue weighted by Gasteiger charge is 2.18. The maximum atomic E-state index is 10.2. The Hall–Kier alpha value is 0.230. The van der Waals surface area contributed by atoms with Gasteiger partial charge in [0.15, 0.2) is 0 Å². The van der Waals surface area contributed by atoms with Crippen molar-refractivity contribution in [3.8, 4) is 0 Å². The van der Waals surface area contributed by atoms with Crippen LogP contribution in [-0.4, -0.2) is 11.0 Å². The number of hydrogen-bond acceptors (Lipinski definition) is 5. The van der Waals surface area contributed by atoms with Crippen LogP contribution in [-0.2, 0) is 9.36 Å². The molecule has 4 nitrogen and oxygen atoms in total. The van der Waals surface area contributed by atoms with Gasteiger partial charge in [-0.25, -0.2) is 0 Å². The summed E-state index contributed by atoms with van der Waals surface area (Å²) < 4.78 is 20.3. The highest BCUT2D eigenvalue weighted by molar-refractivity contribution is 8.82. The van der Waals surface area contributed by atoms with E-state index < -0.39 is 6.20 Å². The van der Waals surface area contributed by atoms with Crippen molar-refractivity contribution >= 4 is 35.8 Å². The minimum absolute atomic E-state index is 0.216. The zero-order valence-corrected chi connectivity index (χ0v) is 6.13. The maximum Gasteiger partial charge on any atom is 0.536 e. The van der Waals surface area contributed by atoms with E-state index in [1.807, 2.05) is 0 Å². The third-order valence-corrected chi connectivity index (χ3v) is 3.16. The van der Waals surface area contributed by atoms with Crippen molar-refractivity contribution in [3.63, 3.8) is 0 Å². The SMILES string of the molecule is O=CNS[P+](=O)SO. The lowest BCUT2D eigenvalue weighted by Crippen LogP contribution is -1.92. The summed E-state index contributed by atoms with van der Waals surface area (Å²) in [6.45, 7) is 0. The largest absolute Gasteiger partial charge is 0.536 e. The van der Waals surface area contributed by atoms with Gasteiger partial charge in [-0.3, -0.25) is 14.1 Å². The molecule has 0 radical (unpaired) electrons. The van der Waals surface area contributed by atoms with Crippen LogP contribution in [0.3, 0.4) is 0 Å². The van der Waals surface area contributed by atoms with Crippen LogP contribution in [0.2, 0.25) is 0 Å². The molecule has 0 aromatic rings. The molecule has 8 heavy (non-hydrogen) atoms. The quantitative estimate of drug-likeness (QED) is 0.289. The molecule has 0 aromatic carbocycles. The Morgan fingerprint density at radius 2 is 2.38 bits per heavy atom. The Morgan fingerprint density at radius 1 is 1.75 bits per heavy atom. The third-order valence-electron chi connectivity index (χ3n) is 0.242. The average molecular weight is 172 g/mol. The van der Waals surface area contributed by atoms with E-state index in [9.17, 15) is 9.36 Å². The van der Waals surface area contributed by atoms with E-state index in [1.165, 1.54) is 0 Å². The van der Waals surface area contributed by atoms with Gasteiger partial charge in [-0.15, -0.1) is 0 Å². The Bertz CT molecular complexity index is 97.3. The first kappa shape index (κ1) is 8.23. The fraction of sp³-hybridized carbons (Fsp3) is 0. The smallest absolute Gasteiger partial charge is 0.289 e. The van der Waals surface area contributed by atoms with E-state index in [4.69, 9.17) is 4.55 Å². The lowest BCUT2D eigenvalue weighted by atomic mass is 11.5. The number of carbonyl (C=O) groups excluding carboxylic acids is 1. The van der Waals surface area contributed by atoms with Crippen molar-refractivity contribution in [1.29, 1.82) is 0 Å². The molecule has 0 bridgehead atoms. The molecule has 0 aliphatic carbocycles. The first-order chi connectivity index (χ1) is 3.81. The number of amides is 1. The molecule has 0 saturated heterocycles. The molecular weight excluding hydrogens is 169 g/mol. The number of rotatable bonds is 4. The predicted molar refractivity (Wildman–Crippen MR) is 34.6 cm³/mol. The number of nitrogens with one attached hydrogen (secondary N) is 1. The van der Waals surface area contributed by atoms with Crippen molar-refractivity contribution in [1.82, 2.24) is 4.72 Å². The van der Waals surface area contributed by atoms with Crippen LogP contribution in [0.25, 0.3) is 0 Å². The van der Waals surface area contributed by atoms with Crippen molar-refractivity contribution in [2.24, 2.45) is 0 Å². The van der Waals surface area contributed by atoms with Gasteiger partial charge >= 0.3 is 17.9 Å². The van der Waals surface area contributed by atoms with E-state index in [2.05, 4.69) is 4.72 Å². The van der Waals surface area contributed by atoms with Gasteiger partial charge in [0.05, 0.1) is 0 Å². The number of carbonyl (C=O) groups is 1. The van der Waals surface area contributed by atoms with Gasteiger partial charge in [0, 0.05) is 0 Å². The molecule has 1 unspecified atom stereocenters. The fourth-order valence-electron chi connectivity index (χ4n) is 0.0812. The average Bonchev–Trinajstić information content (AvgIpc) is 1.83. The highest BCUT2D eigenvalue weighted by Crippen LogP contribution is 2.45. The summed E-state index contributed by atoms with van der Waals surface area (Å²) in [5, 5.41) is 0. The topological polar surface area (TPSA) is 66.4 Å². The minimum atomic E-state index is -1.79. The lowest BCUT2D eigenvalue weighted by molar-refractivity contribution is -0.107. The van der Waals surface area contributed by atoms with Gasteiger partial charge in [-0.1, -0.05) is 0 Å². The molecule has 0 spiro atoms. The summed E-state index contributed by atoms with van der Waals surface area (Å²) in [6, 6.07) is 0. The maximum absolute atomic E-state index is 10.2. The predicted octanol–water partition coefficient (Wildman–Crippen LogP) is 1.24. The first-order valence-corrected chi connectivity index (χ1v) is 5.52. The lowest BCUT2D eigenvalue weighted by Gasteiger charge is -1.73. The fourth-order valence-corrected chi connectivity index (χ4v) is 1.42. The molecule has 0 rings (SSSR count). The molecule has 1 atom stereocenters. The van der Waals surface area contributed by atoms with Gasteiger partial charge in [-0.05, 0) is 4.57 Å². The molecule has 7 heteroatoms. The van der Waals surface area contributed by atoms with Gasteiger partial charge in [-0.2, -0.15) is 0 Å². The second-order valence-corrected chi connectivity index (χ2v) is 5.38. The third kappa shape index (κ3) is 4.39. The molecule has 0 fully saturated rings. The Morgan fingerprint density at radius 3 is 2.75 bits per heavy atom. The molecule has 46 valence electrons. The van der Waals surface area contributed by atoms with E-state index >= 15 is 0 Å². The van der Waals surface area contributed by atoms with E-state index in [0.29, 0.717) is 18.0 Å². The summed E-state index contributed by atoms with van der Waals surface area (Å²) in [6.07, 6.45) is -1.39. The van der Waals surface area contributed by atoms with E-state index in [0.717, 1.165) is 0 Å². The summed E-state index contributed by atoms with van der Waals surface area (Å²) in [4.78, 5) is 9.47. The van der Waals surface area contributed by atoms with Crippen molar-refractivity contribution in [2.75, 3.05) is 0 Å². The summed E-state index contributed by atoms with van der Waals surface area (Å²) in [7, 11) is 0. The highest BCUT2D eigenvalue weighted by atomic mass is 33.1. The molecule has 1 amide bonds. The molecule has 0 aliphatic rings. The van der Waals surface area contributed by atoms with E-state index in [1.54, 1.807) is 0 Å². The Balaban J connectivity index is 3.11. The van der Waals surface area contributed by atoms with Gasteiger partial charge in [0.1, 0.15) is 0 Å². The van der Waals surface area contributed by atoms with Crippen LogP contribution >= 0.6 is 29.4 Å². The van der Waals surface area contributed by atoms with Crippen molar-refractivity contribution in [3.05, 3.63) is 0 Å². The zero-order valence-electron chi connectivity index (χ0n) is 3.60. The van der Waals surface area contributed by atoms with Crippen LogP contribution in [0.15, 0.2) is 0 Å². The van der Waals surface area contributed by atoms with Crippen LogP contribution in [0, 0.1) is 0 Å². The Labute approximate surface area is 55.0 Å². The molecule has 0 aliphatic heterocycles. The van der Waals surface area contributed by atoms with Crippen LogP contribution in [0.4, 0.5) is 0 Å².